The molecule has 3 rings (SSSR count). The van der Waals surface area contributed by atoms with E-state index in [4.69, 9.17) is 10.5 Å². The van der Waals surface area contributed by atoms with Gasteiger partial charge in [-0.25, -0.2) is 18.6 Å². The molecule has 0 unspecified atom stereocenters. The molecule has 8 heteroatoms. The Morgan fingerprint density at radius 3 is 2.65 bits per heavy atom. The van der Waals surface area contributed by atoms with E-state index in [9.17, 15) is 13.6 Å². The standard InChI is InChI=1S/C18H19F2N3O3/c1-25-18(24)15-9-16(14(21)10-22-15)23-6-4-12(5-7-23)26-17-3-2-11(19)8-13(17)20/h2-3,8-10,12H,4-7,21H2,1H3. The van der Waals surface area contributed by atoms with Crippen molar-refractivity contribution in [2.45, 2.75) is 18.9 Å². The smallest absolute Gasteiger partial charge is 0.356 e. The Hall–Kier alpha value is -2.90. The molecule has 0 aliphatic carbocycles. The summed E-state index contributed by atoms with van der Waals surface area (Å²) >= 11 is 0. The van der Waals surface area contributed by atoms with Crippen molar-refractivity contribution in [3.8, 4) is 5.75 Å². The van der Waals surface area contributed by atoms with E-state index in [1.807, 2.05) is 4.90 Å². The minimum Gasteiger partial charge on any atom is -0.487 e. The number of piperidine rings is 1. The highest BCUT2D eigenvalue weighted by Gasteiger charge is 2.24. The summed E-state index contributed by atoms with van der Waals surface area (Å²) in [6, 6.07) is 4.86. The van der Waals surface area contributed by atoms with E-state index in [2.05, 4.69) is 9.72 Å². The Kier molecular flexibility index (Phi) is 5.20. The zero-order chi connectivity index (χ0) is 18.7. The van der Waals surface area contributed by atoms with Gasteiger partial charge in [0.1, 0.15) is 11.9 Å². The summed E-state index contributed by atoms with van der Waals surface area (Å²) in [6.45, 7) is 1.23. The average molecular weight is 363 g/mol. The van der Waals surface area contributed by atoms with Crippen LogP contribution in [0.25, 0.3) is 0 Å². The van der Waals surface area contributed by atoms with Crippen LogP contribution in [-0.4, -0.2) is 37.3 Å². The first-order valence-corrected chi connectivity index (χ1v) is 8.18. The van der Waals surface area contributed by atoms with Crippen molar-refractivity contribution in [2.75, 3.05) is 30.8 Å². The Balaban J connectivity index is 1.66. The molecule has 1 aromatic heterocycles. The normalized spacial score (nSPS) is 15.0. The van der Waals surface area contributed by atoms with Crippen LogP contribution >= 0.6 is 0 Å². The van der Waals surface area contributed by atoms with Crippen LogP contribution in [0.1, 0.15) is 23.3 Å². The number of nitrogens with two attached hydrogens (primary N) is 1. The van der Waals surface area contributed by atoms with Gasteiger partial charge in [-0.1, -0.05) is 0 Å². The fourth-order valence-corrected chi connectivity index (χ4v) is 2.91. The average Bonchev–Trinajstić information content (AvgIpc) is 2.64. The fourth-order valence-electron chi connectivity index (χ4n) is 2.91. The topological polar surface area (TPSA) is 77.7 Å². The van der Waals surface area contributed by atoms with Crippen molar-refractivity contribution in [3.05, 3.63) is 47.8 Å². The Morgan fingerprint density at radius 2 is 2.00 bits per heavy atom. The van der Waals surface area contributed by atoms with Crippen LogP contribution in [-0.2, 0) is 4.74 Å². The van der Waals surface area contributed by atoms with Gasteiger partial charge in [-0.05, 0) is 18.2 Å². The van der Waals surface area contributed by atoms with Gasteiger partial charge in [-0.15, -0.1) is 0 Å². The third kappa shape index (κ3) is 3.84. The van der Waals surface area contributed by atoms with Crippen molar-refractivity contribution >= 4 is 17.3 Å². The summed E-state index contributed by atoms with van der Waals surface area (Å²) in [4.78, 5) is 17.6. The Morgan fingerprint density at radius 1 is 1.27 bits per heavy atom. The number of benzene rings is 1. The quantitative estimate of drug-likeness (QED) is 0.842. The second-order valence-corrected chi connectivity index (χ2v) is 6.00. The van der Waals surface area contributed by atoms with Gasteiger partial charge in [-0.3, -0.25) is 0 Å². The molecule has 2 aromatic rings. The maximum atomic E-state index is 13.7. The van der Waals surface area contributed by atoms with Gasteiger partial charge in [0.2, 0.25) is 0 Å². The molecule has 0 amide bonds. The number of hydrogen-bond donors (Lipinski definition) is 1. The number of hydrogen-bond acceptors (Lipinski definition) is 6. The summed E-state index contributed by atoms with van der Waals surface area (Å²) in [6.07, 6.45) is 2.51. The Bertz CT molecular complexity index is 808. The minimum atomic E-state index is -0.714. The summed E-state index contributed by atoms with van der Waals surface area (Å²) in [7, 11) is 1.29. The molecule has 0 saturated carbocycles. The lowest BCUT2D eigenvalue weighted by Crippen LogP contribution is -2.38. The van der Waals surface area contributed by atoms with Crippen LogP contribution in [0.5, 0.6) is 5.75 Å². The van der Waals surface area contributed by atoms with E-state index < -0.39 is 17.6 Å². The number of methoxy groups -OCH3 is 1. The molecule has 1 aliphatic heterocycles. The van der Waals surface area contributed by atoms with Crippen LogP contribution in [0.4, 0.5) is 20.2 Å². The lowest BCUT2D eigenvalue weighted by atomic mass is 10.1. The van der Waals surface area contributed by atoms with Crippen molar-refractivity contribution in [3.63, 3.8) is 0 Å². The molecule has 0 bridgehead atoms. The maximum Gasteiger partial charge on any atom is 0.356 e. The first kappa shape index (κ1) is 17.9. The molecule has 0 radical (unpaired) electrons. The number of nitrogens with zero attached hydrogens (tertiary/aromatic N) is 2. The van der Waals surface area contributed by atoms with Crippen molar-refractivity contribution in [2.24, 2.45) is 0 Å². The van der Waals surface area contributed by atoms with E-state index >= 15 is 0 Å². The first-order chi connectivity index (χ1) is 12.5. The first-order valence-electron chi connectivity index (χ1n) is 8.18. The van der Waals surface area contributed by atoms with Crippen LogP contribution in [0, 0.1) is 11.6 Å². The predicted octanol–water partition coefficient (Wildman–Crippen LogP) is 2.78. The number of halogens is 2. The molecule has 1 saturated heterocycles. The van der Waals surface area contributed by atoms with Gasteiger partial charge < -0.3 is 20.1 Å². The van der Waals surface area contributed by atoms with Crippen LogP contribution < -0.4 is 15.4 Å². The zero-order valence-corrected chi connectivity index (χ0v) is 14.2. The van der Waals surface area contributed by atoms with Gasteiger partial charge in [0.25, 0.3) is 0 Å². The van der Waals surface area contributed by atoms with Gasteiger partial charge in [0, 0.05) is 32.0 Å². The van der Waals surface area contributed by atoms with E-state index in [0.717, 1.165) is 6.07 Å². The summed E-state index contributed by atoms with van der Waals surface area (Å²) in [5.41, 5.74) is 7.33. The van der Waals surface area contributed by atoms with Crippen LogP contribution in [0.2, 0.25) is 0 Å². The number of aromatic nitrogens is 1. The fraction of sp³-hybridized carbons (Fsp3) is 0.333. The monoisotopic (exact) mass is 363 g/mol. The molecule has 0 spiro atoms. The SMILES string of the molecule is COC(=O)c1cc(N2CCC(Oc3ccc(F)cc3F)CC2)c(N)cn1. The summed E-state index contributed by atoms with van der Waals surface area (Å²) in [5, 5.41) is 0. The molecule has 2 heterocycles. The van der Waals surface area contributed by atoms with Crippen LogP contribution in [0.3, 0.4) is 0 Å². The van der Waals surface area contributed by atoms with E-state index in [-0.39, 0.29) is 17.5 Å². The number of pyridine rings is 1. The number of nitrogen functional groups attached to an aromatic ring is 1. The minimum absolute atomic E-state index is 0.0428. The second kappa shape index (κ2) is 7.55. The lowest BCUT2D eigenvalue weighted by molar-refractivity contribution is 0.0594. The van der Waals surface area contributed by atoms with Gasteiger partial charge >= 0.3 is 5.97 Å². The van der Waals surface area contributed by atoms with Crippen molar-refractivity contribution in [1.29, 1.82) is 0 Å². The second-order valence-electron chi connectivity index (χ2n) is 6.00. The molecule has 26 heavy (non-hydrogen) atoms. The Labute approximate surface area is 149 Å². The van der Waals surface area contributed by atoms with Gasteiger partial charge in [-0.2, -0.15) is 0 Å². The molecule has 0 atom stereocenters. The van der Waals surface area contributed by atoms with Gasteiger partial charge in [0.15, 0.2) is 17.3 Å². The lowest BCUT2D eigenvalue weighted by Gasteiger charge is -2.34. The molecule has 138 valence electrons. The number of rotatable bonds is 4. The molecule has 1 fully saturated rings. The molecular formula is C18H19F2N3O3. The highest BCUT2D eigenvalue weighted by molar-refractivity contribution is 5.89. The third-order valence-electron chi connectivity index (χ3n) is 4.28. The largest absolute Gasteiger partial charge is 0.487 e. The highest BCUT2D eigenvalue weighted by atomic mass is 19.1. The molecular weight excluding hydrogens is 344 g/mol. The maximum absolute atomic E-state index is 13.7. The third-order valence-corrected chi connectivity index (χ3v) is 4.28. The number of ether oxygens (including phenoxy) is 2. The summed E-state index contributed by atoms with van der Waals surface area (Å²) < 4.78 is 37.0. The number of carbonyl (C=O) groups is 1. The van der Waals surface area contributed by atoms with E-state index in [0.29, 0.717) is 37.3 Å². The van der Waals surface area contributed by atoms with Crippen LogP contribution in [0.15, 0.2) is 30.5 Å². The van der Waals surface area contributed by atoms with Crippen molar-refractivity contribution < 1.29 is 23.0 Å². The van der Waals surface area contributed by atoms with Gasteiger partial charge in [0.05, 0.1) is 24.7 Å². The number of anilines is 2. The highest BCUT2D eigenvalue weighted by Crippen LogP contribution is 2.28. The van der Waals surface area contributed by atoms with E-state index in [1.54, 1.807) is 6.07 Å². The van der Waals surface area contributed by atoms with Crippen molar-refractivity contribution in [1.82, 2.24) is 4.98 Å². The zero-order valence-electron chi connectivity index (χ0n) is 14.2. The predicted molar refractivity (Wildman–Crippen MR) is 92.2 cm³/mol. The number of esters is 1. The molecule has 6 nitrogen and oxygen atoms in total. The molecule has 2 N–H and O–H groups in total. The summed E-state index contributed by atoms with van der Waals surface area (Å²) in [5.74, 6) is -1.84. The molecule has 1 aliphatic rings. The van der Waals surface area contributed by atoms with E-state index in [1.165, 1.54) is 25.4 Å². The molecule has 1 aromatic carbocycles. The number of carbonyl (C=O) groups excluding carboxylic acids is 1.